The fourth-order valence-corrected chi connectivity index (χ4v) is 6.51. The second-order valence-corrected chi connectivity index (χ2v) is 13.7. The third kappa shape index (κ3) is 20.3. The Morgan fingerprint density at radius 2 is 1.10 bits per heavy atom. The van der Waals surface area contributed by atoms with Crippen molar-refractivity contribution < 1.29 is 23.0 Å². The molecule has 246 valence electrons. The molecule has 0 spiro atoms. The molecule has 1 atom stereocenters. The van der Waals surface area contributed by atoms with Gasteiger partial charge in [-0.05, 0) is 39.3 Å². The maximum absolute atomic E-state index is 12.5. The van der Waals surface area contributed by atoms with Gasteiger partial charge in [-0.3, -0.25) is 13.9 Å². The highest BCUT2D eigenvalue weighted by Gasteiger charge is 2.26. The first-order valence-electron chi connectivity index (χ1n) is 17.6. The lowest BCUT2D eigenvalue weighted by molar-refractivity contribution is -0.923. The highest BCUT2D eigenvalue weighted by molar-refractivity contribution is 7.47. The van der Waals surface area contributed by atoms with Crippen LogP contribution in [0, 0.1) is 0 Å². The normalized spacial score (nSPS) is 13.6. The summed E-state index contributed by atoms with van der Waals surface area (Å²) in [7, 11) is -4.05. The SMILES string of the molecule is CCCCCCCCCCCCCCCCCCN(CCOP(=O)(O)OCC[N+](CC)(CC)CC)Cc1ccccc1. The predicted octanol–water partition coefficient (Wildman–Crippen LogP) is 9.76. The number of rotatable bonds is 30. The van der Waals surface area contributed by atoms with Crippen molar-refractivity contribution in [3.63, 3.8) is 0 Å². The molecule has 0 aromatic heterocycles. The molecule has 1 aromatic rings. The van der Waals surface area contributed by atoms with Crippen LogP contribution in [0.15, 0.2) is 30.3 Å². The van der Waals surface area contributed by atoms with E-state index in [1.165, 1.54) is 102 Å². The van der Waals surface area contributed by atoms with E-state index in [0.29, 0.717) is 6.54 Å². The molecule has 0 heterocycles. The van der Waals surface area contributed by atoms with Crippen molar-refractivity contribution in [3.8, 4) is 0 Å². The van der Waals surface area contributed by atoms with Gasteiger partial charge in [-0.25, -0.2) is 4.57 Å². The van der Waals surface area contributed by atoms with Crippen LogP contribution in [0.4, 0.5) is 0 Å². The number of hydrogen-bond donors (Lipinski definition) is 1. The monoisotopic (exact) mass is 611 g/mol. The zero-order valence-electron chi connectivity index (χ0n) is 28.1. The molecule has 1 N–H and O–H groups in total. The Labute approximate surface area is 260 Å². The number of benzene rings is 1. The number of phosphoric acid groups is 1. The van der Waals surface area contributed by atoms with Gasteiger partial charge < -0.3 is 9.38 Å². The van der Waals surface area contributed by atoms with Crippen molar-refractivity contribution in [2.75, 3.05) is 52.5 Å². The molecule has 6 nitrogen and oxygen atoms in total. The Hall–Kier alpha value is -0.750. The van der Waals surface area contributed by atoms with Crippen LogP contribution >= 0.6 is 7.82 Å². The number of hydrogen-bond acceptors (Lipinski definition) is 4. The zero-order chi connectivity index (χ0) is 30.8. The second-order valence-electron chi connectivity index (χ2n) is 12.2. The van der Waals surface area contributed by atoms with Crippen molar-refractivity contribution in [2.45, 2.75) is 137 Å². The van der Waals surface area contributed by atoms with E-state index < -0.39 is 7.82 Å². The summed E-state index contributed by atoms with van der Waals surface area (Å²) in [5, 5.41) is 0. The van der Waals surface area contributed by atoms with Crippen LogP contribution in [0.1, 0.15) is 136 Å². The molecular weight excluding hydrogens is 543 g/mol. The van der Waals surface area contributed by atoms with E-state index in [4.69, 9.17) is 9.05 Å². The molecule has 0 aliphatic heterocycles. The summed E-state index contributed by atoms with van der Waals surface area (Å²) in [4.78, 5) is 12.6. The summed E-state index contributed by atoms with van der Waals surface area (Å²) < 4.78 is 24.1. The van der Waals surface area contributed by atoms with Crippen LogP contribution in [-0.2, 0) is 20.2 Å². The molecule has 0 aliphatic rings. The summed E-state index contributed by atoms with van der Waals surface area (Å²) >= 11 is 0. The van der Waals surface area contributed by atoms with Gasteiger partial charge in [0.25, 0.3) is 0 Å². The highest BCUT2D eigenvalue weighted by Crippen LogP contribution is 2.43. The molecular formula is C35H68N2O4P+. The summed E-state index contributed by atoms with van der Waals surface area (Å²) in [5.41, 5.74) is 1.25. The lowest BCUT2D eigenvalue weighted by atomic mass is 10.0. The van der Waals surface area contributed by atoms with Gasteiger partial charge in [-0.15, -0.1) is 0 Å². The lowest BCUT2D eigenvalue weighted by Crippen LogP contribution is -2.49. The minimum atomic E-state index is -4.05. The average Bonchev–Trinajstić information content (AvgIpc) is 2.99. The maximum Gasteiger partial charge on any atom is 0.472 e. The van der Waals surface area contributed by atoms with Gasteiger partial charge >= 0.3 is 7.82 Å². The maximum atomic E-state index is 12.5. The summed E-state index contributed by atoms with van der Waals surface area (Å²) in [6, 6.07) is 10.4. The smallest absolute Gasteiger partial charge is 0.322 e. The first kappa shape index (κ1) is 39.3. The number of likely N-dealkylation sites (N-methyl/N-ethyl adjacent to an activating group) is 1. The molecule has 0 aliphatic carbocycles. The van der Waals surface area contributed by atoms with E-state index >= 15 is 0 Å². The molecule has 0 radical (unpaired) electrons. The molecule has 42 heavy (non-hydrogen) atoms. The fraction of sp³-hybridized carbons (Fsp3) is 0.829. The number of quaternary nitrogens is 1. The van der Waals surface area contributed by atoms with Gasteiger partial charge in [-0.1, -0.05) is 134 Å². The third-order valence-corrected chi connectivity index (χ3v) is 10.1. The van der Waals surface area contributed by atoms with Gasteiger partial charge in [0.15, 0.2) is 0 Å². The molecule has 0 amide bonds. The van der Waals surface area contributed by atoms with Crippen molar-refractivity contribution in [1.82, 2.24) is 4.90 Å². The molecule has 1 unspecified atom stereocenters. The quantitative estimate of drug-likeness (QED) is 0.0533. The molecule has 0 bridgehead atoms. The van der Waals surface area contributed by atoms with E-state index in [9.17, 15) is 9.46 Å². The van der Waals surface area contributed by atoms with Gasteiger partial charge in [0, 0.05) is 13.1 Å². The Bertz CT molecular complexity index is 767. The van der Waals surface area contributed by atoms with E-state index in [-0.39, 0.29) is 13.2 Å². The van der Waals surface area contributed by atoms with E-state index in [2.05, 4.69) is 56.9 Å². The average molecular weight is 612 g/mol. The van der Waals surface area contributed by atoms with Gasteiger partial charge in [0.2, 0.25) is 0 Å². The van der Waals surface area contributed by atoms with Gasteiger partial charge in [-0.2, -0.15) is 0 Å². The molecule has 0 fully saturated rings. The van der Waals surface area contributed by atoms with Crippen molar-refractivity contribution in [1.29, 1.82) is 0 Å². The van der Waals surface area contributed by atoms with Crippen molar-refractivity contribution >= 4 is 7.82 Å². The van der Waals surface area contributed by atoms with E-state index in [0.717, 1.165) is 50.2 Å². The lowest BCUT2D eigenvalue weighted by Gasteiger charge is -2.35. The van der Waals surface area contributed by atoms with E-state index in [1.807, 2.05) is 6.07 Å². The number of unbranched alkanes of at least 4 members (excludes halogenated alkanes) is 15. The summed E-state index contributed by atoms with van der Waals surface area (Å²) in [5.74, 6) is 0. The third-order valence-electron chi connectivity index (χ3n) is 9.07. The summed E-state index contributed by atoms with van der Waals surface area (Å²) in [6.07, 6.45) is 21.9. The standard InChI is InChI=1S/C35H67N2O4P/c1-5-9-10-11-12-13-14-15-16-17-18-19-20-21-22-26-29-36(34-35-27-24-23-25-28-35)30-32-40-42(38,39)41-33-31-37(6-2,7-3)8-4/h23-25,27-28H,5-22,26,29-34H2,1-4H3/p+1. The van der Waals surface area contributed by atoms with Gasteiger partial charge in [0.05, 0.1) is 26.2 Å². The van der Waals surface area contributed by atoms with Gasteiger partial charge in [0.1, 0.15) is 13.2 Å². The van der Waals surface area contributed by atoms with Crippen LogP contribution in [-0.4, -0.2) is 66.8 Å². The largest absolute Gasteiger partial charge is 0.472 e. The topological polar surface area (TPSA) is 59.0 Å². The number of phosphoric ester groups is 1. The van der Waals surface area contributed by atoms with Crippen molar-refractivity contribution in [2.24, 2.45) is 0 Å². The molecule has 0 saturated heterocycles. The molecule has 7 heteroatoms. The summed E-state index contributed by atoms with van der Waals surface area (Å²) in [6.45, 7) is 15.3. The Kier molecular flexibility index (Phi) is 23.9. The first-order chi connectivity index (χ1) is 20.4. The minimum absolute atomic E-state index is 0.189. The number of nitrogens with zero attached hydrogens (tertiary/aromatic N) is 2. The van der Waals surface area contributed by atoms with Crippen LogP contribution in [0.25, 0.3) is 0 Å². The zero-order valence-corrected chi connectivity index (χ0v) is 29.0. The fourth-order valence-electron chi connectivity index (χ4n) is 5.81. The Balaban J connectivity index is 2.23. The minimum Gasteiger partial charge on any atom is -0.322 e. The predicted molar refractivity (Wildman–Crippen MR) is 180 cm³/mol. The Morgan fingerprint density at radius 1 is 0.643 bits per heavy atom. The van der Waals surface area contributed by atoms with Crippen LogP contribution in [0.5, 0.6) is 0 Å². The van der Waals surface area contributed by atoms with Crippen LogP contribution in [0.3, 0.4) is 0 Å². The highest BCUT2D eigenvalue weighted by atomic mass is 31.2. The van der Waals surface area contributed by atoms with E-state index in [1.54, 1.807) is 0 Å². The van der Waals surface area contributed by atoms with Crippen LogP contribution < -0.4 is 0 Å². The molecule has 0 saturated carbocycles. The molecule has 1 rings (SSSR count). The van der Waals surface area contributed by atoms with Crippen molar-refractivity contribution in [3.05, 3.63) is 35.9 Å². The second kappa shape index (κ2) is 25.6. The van der Waals surface area contributed by atoms with Crippen LogP contribution in [0.2, 0.25) is 0 Å². The molecule has 1 aromatic carbocycles. The first-order valence-corrected chi connectivity index (χ1v) is 19.1. The Morgan fingerprint density at radius 3 is 1.57 bits per heavy atom.